The summed E-state index contributed by atoms with van der Waals surface area (Å²) in [5.74, 6) is -0.717. The summed E-state index contributed by atoms with van der Waals surface area (Å²) >= 11 is 0. The van der Waals surface area contributed by atoms with Gasteiger partial charge in [-0.15, -0.1) is 12.4 Å². The monoisotopic (exact) mass is 236 g/mol. The molecule has 0 aliphatic carbocycles. The highest BCUT2D eigenvalue weighted by Crippen LogP contribution is 2.14. The minimum atomic E-state index is -0.717. The summed E-state index contributed by atoms with van der Waals surface area (Å²) < 4.78 is 0. The van der Waals surface area contributed by atoms with Crippen LogP contribution in [0.2, 0.25) is 0 Å². The summed E-state index contributed by atoms with van der Waals surface area (Å²) in [4.78, 5) is 14.9. The maximum absolute atomic E-state index is 10.5. The summed E-state index contributed by atoms with van der Waals surface area (Å²) in [6.45, 7) is 8.45. The third kappa shape index (κ3) is 4.36. The van der Waals surface area contributed by atoms with E-state index in [1.165, 1.54) is 0 Å². The van der Waals surface area contributed by atoms with Crippen LogP contribution in [0.4, 0.5) is 0 Å². The largest absolute Gasteiger partial charge is 0.480 e. The van der Waals surface area contributed by atoms with Crippen LogP contribution < -0.4 is 0 Å². The molecule has 0 saturated carbocycles. The van der Waals surface area contributed by atoms with Gasteiger partial charge in [0.25, 0.3) is 0 Å². The molecule has 0 aromatic heterocycles. The highest BCUT2D eigenvalue weighted by molar-refractivity contribution is 5.85. The lowest BCUT2D eigenvalue weighted by atomic mass is 10.2. The predicted octanol–water partition coefficient (Wildman–Crippen LogP) is 0.909. The number of carboxylic acids is 1. The maximum Gasteiger partial charge on any atom is 0.317 e. The average Bonchev–Trinajstić information content (AvgIpc) is 2.54. The second kappa shape index (κ2) is 7.04. The normalized spacial score (nSPS) is 21.7. The Morgan fingerprint density at radius 2 is 2.07 bits per heavy atom. The third-order valence-corrected chi connectivity index (χ3v) is 2.94. The molecule has 1 N–H and O–H groups in total. The summed E-state index contributed by atoms with van der Waals surface area (Å²) in [6.07, 6.45) is 1.11. The van der Waals surface area contributed by atoms with E-state index >= 15 is 0 Å². The van der Waals surface area contributed by atoms with Crippen molar-refractivity contribution in [2.24, 2.45) is 0 Å². The SMILES string of the molecule is CCN(CC)C1CCN(CC(=O)O)C1.Cl. The highest BCUT2D eigenvalue weighted by Gasteiger charge is 2.26. The van der Waals surface area contributed by atoms with Gasteiger partial charge in [-0.1, -0.05) is 13.8 Å². The fourth-order valence-electron chi connectivity index (χ4n) is 2.19. The van der Waals surface area contributed by atoms with Gasteiger partial charge in [-0.25, -0.2) is 0 Å². The molecule has 1 saturated heterocycles. The van der Waals surface area contributed by atoms with E-state index in [1.807, 2.05) is 4.90 Å². The quantitative estimate of drug-likeness (QED) is 0.771. The van der Waals surface area contributed by atoms with Crippen molar-refractivity contribution >= 4 is 18.4 Å². The molecule has 0 aromatic carbocycles. The van der Waals surface area contributed by atoms with Gasteiger partial charge in [0.2, 0.25) is 0 Å². The topological polar surface area (TPSA) is 43.8 Å². The number of carbonyl (C=O) groups is 1. The van der Waals surface area contributed by atoms with Crippen LogP contribution in [0, 0.1) is 0 Å². The third-order valence-electron chi connectivity index (χ3n) is 2.94. The Bertz CT molecular complexity index is 198. The molecule has 4 nitrogen and oxygen atoms in total. The molecule has 1 unspecified atom stereocenters. The van der Waals surface area contributed by atoms with Crippen molar-refractivity contribution in [2.75, 3.05) is 32.7 Å². The van der Waals surface area contributed by atoms with E-state index in [0.29, 0.717) is 6.04 Å². The fourth-order valence-corrected chi connectivity index (χ4v) is 2.19. The molecule has 1 heterocycles. The van der Waals surface area contributed by atoms with E-state index in [2.05, 4.69) is 18.7 Å². The molecule has 1 atom stereocenters. The van der Waals surface area contributed by atoms with Crippen LogP contribution >= 0.6 is 12.4 Å². The summed E-state index contributed by atoms with van der Waals surface area (Å²) in [5, 5.41) is 8.66. The molecule has 1 aliphatic rings. The second-order valence-electron chi connectivity index (χ2n) is 3.79. The van der Waals surface area contributed by atoms with Crippen LogP contribution in [0.15, 0.2) is 0 Å². The van der Waals surface area contributed by atoms with Crippen molar-refractivity contribution in [2.45, 2.75) is 26.3 Å². The van der Waals surface area contributed by atoms with Crippen LogP contribution in [-0.2, 0) is 4.79 Å². The van der Waals surface area contributed by atoms with Gasteiger partial charge in [0, 0.05) is 19.1 Å². The molecule has 15 heavy (non-hydrogen) atoms. The molecule has 0 spiro atoms. The summed E-state index contributed by atoms with van der Waals surface area (Å²) in [6, 6.07) is 0.560. The van der Waals surface area contributed by atoms with Crippen molar-refractivity contribution in [1.29, 1.82) is 0 Å². The molecule has 0 amide bonds. The standard InChI is InChI=1S/C10H20N2O2.ClH/c1-3-12(4-2)9-5-6-11(7-9)8-10(13)14;/h9H,3-8H2,1-2H3,(H,13,14);1H. The Kier molecular flexibility index (Phi) is 6.89. The lowest BCUT2D eigenvalue weighted by Crippen LogP contribution is -2.38. The number of rotatable bonds is 5. The van der Waals surface area contributed by atoms with Gasteiger partial charge in [0.05, 0.1) is 6.54 Å². The van der Waals surface area contributed by atoms with E-state index in [-0.39, 0.29) is 19.0 Å². The molecule has 5 heteroatoms. The number of likely N-dealkylation sites (N-methyl/N-ethyl adjacent to an activating group) is 1. The van der Waals surface area contributed by atoms with Crippen molar-refractivity contribution in [3.05, 3.63) is 0 Å². The second-order valence-corrected chi connectivity index (χ2v) is 3.79. The lowest BCUT2D eigenvalue weighted by molar-refractivity contribution is -0.138. The van der Waals surface area contributed by atoms with Gasteiger partial charge in [0.1, 0.15) is 0 Å². The maximum atomic E-state index is 10.5. The van der Waals surface area contributed by atoms with Crippen LogP contribution in [0.3, 0.4) is 0 Å². The number of hydrogen-bond donors (Lipinski definition) is 1. The Morgan fingerprint density at radius 1 is 1.47 bits per heavy atom. The number of likely N-dealkylation sites (tertiary alicyclic amines) is 1. The molecular weight excluding hydrogens is 216 g/mol. The Balaban J connectivity index is 0.00000196. The van der Waals surface area contributed by atoms with E-state index < -0.39 is 5.97 Å². The van der Waals surface area contributed by atoms with Crippen molar-refractivity contribution in [3.8, 4) is 0 Å². The molecule has 1 fully saturated rings. The molecule has 0 aromatic rings. The number of halogens is 1. The van der Waals surface area contributed by atoms with E-state index in [0.717, 1.165) is 32.6 Å². The first-order valence-corrected chi connectivity index (χ1v) is 5.35. The summed E-state index contributed by atoms with van der Waals surface area (Å²) in [5.41, 5.74) is 0. The van der Waals surface area contributed by atoms with E-state index in [9.17, 15) is 4.79 Å². The highest BCUT2D eigenvalue weighted by atomic mass is 35.5. The average molecular weight is 237 g/mol. The first-order chi connectivity index (χ1) is 6.67. The first kappa shape index (κ1) is 14.7. The minimum Gasteiger partial charge on any atom is -0.480 e. The van der Waals surface area contributed by atoms with Gasteiger partial charge in [-0.2, -0.15) is 0 Å². The van der Waals surface area contributed by atoms with Gasteiger partial charge in [0.15, 0.2) is 0 Å². The fraction of sp³-hybridized carbons (Fsp3) is 0.900. The van der Waals surface area contributed by atoms with Crippen molar-refractivity contribution in [1.82, 2.24) is 9.80 Å². The number of hydrogen-bond acceptors (Lipinski definition) is 3. The Hall–Kier alpha value is -0.320. The van der Waals surface area contributed by atoms with Gasteiger partial charge in [-0.05, 0) is 19.5 Å². The number of carboxylic acid groups (broad SMARTS) is 1. The number of aliphatic carboxylic acids is 1. The number of nitrogens with zero attached hydrogens (tertiary/aromatic N) is 2. The van der Waals surface area contributed by atoms with Crippen molar-refractivity contribution < 1.29 is 9.90 Å². The predicted molar refractivity (Wildman–Crippen MR) is 62.6 cm³/mol. The first-order valence-electron chi connectivity index (χ1n) is 5.35. The Labute approximate surface area is 97.6 Å². The van der Waals surface area contributed by atoms with E-state index in [4.69, 9.17) is 5.11 Å². The smallest absolute Gasteiger partial charge is 0.317 e. The van der Waals surface area contributed by atoms with Crippen LogP contribution in [0.5, 0.6) is 0 Å². The van der Waals surface area contributed by atoms with Gasteiger partial charge in [-0.3, -0.25) is 14.6 Å². The zero-order valence-corrected chi connectivity index (χ0v) is 10.3. The molecule has 90 valence electrons. The zero-order valence-electron chi connectivity index (χ0n) is 9.48. The lowest BCUT2D eigenvalue weighted by Gasteiger charge is -2.25. The van der Waals surface area contributed by atoms with Gasteiger partial charge >= 0.3 is 5.97 Å². The zero-order chi connectivity index (χ0) is 10.6. The molecular formula is C10H21ClN2O2. The van der Waals surface area contributed by atoms with E-state index in [1.54, 1.807) is 0 Å². The van der Waals surface area contributed by atoms with Crippen LogP contribution in [0.25, 0.3) is 0 Å². The van der Waals surface area contributed by atoms with Crippen molar-refractivity contribution in [3.63, 3.8) is 0 Å². The molecule has 1 rings (SSSR count). The molecule has 0 bridgehead atoms. The van der Waals surface area contributed by atoms with Crippen LogP contribution in [-0.4, -0.2) is 59.6 Å². The minimum absolute atomic E-state index is 0. The molecule has 0 radical (unpaired) electrons. The Morgan fingerprint density at radius 3 is 2.53 bits per heavy atom. The van der Waals surface area contributed by atoms with Crippen LogP contribution in [0.1, 0.15) is 20.3 Å². The summed E-state index contributed by atoms with van der Waals surface area (Å²) in [7, 11) is 0. The molecule has 1 aliphatic heterocycles. The van der Waals surface area contributed by atoms with Gasteiger partial charge < -0.3 is 5.11 Å².